The molecule has 0 aliphatic heterocycles. The number of anilines is 2. The lowest BCUT2D eigenvalue weighted by Crippen LogP contribution is -2.01. The Kier molecular flexibility index (Phi) is 12.7. The van der Waals surface area contributed by atoms with E-state index in [1.54, 1.807) is 55.5 Å². The molecule has 4 N–H and O–H groups in total. The van der Waals surface area contributed by atoms with Crippen LogP contribution in [0.25, 0.3) is 21.5 Å². The van der Waals surface area contributed by atoms with Crippen molar-refractivity contribution >= 4 is 98.7 Å². The van der Waals surface area contributed by atoms with Crippen LogP contribution in [0.3, 0.4) is 0 Å². The van der Waals surface area contributed by atoms with Gasteiger partial charge in [-0.05, 0) is 145 Å². The number of hydrogen-bond donors (Lipinski definition) is 4. The van der Waals surface area contributed by atoms with E-state index in [-0.39, 0.29) is 22.2 Å². The molecule has 17 nitrogen and oxygen atoms in total. The van der Waals surface area contributed by atoms with E-state index in [1.165, 1.54) is 19.2 Å². The molecule has 0 saturated carbocycles. The molecular weight excluding hydrogens is 895 g/mol. The number of hydrogen-bond acceptors (Lipinski definition) is 15. The number of fused-ring (bicyclic) bond motifs is 2. The normalized spacial score (nSPS) is 12.4. The van der Waals surface area contributed by atoms with Crippen LogP contribution >= 0.6 is 0 Å². The number of ether oxygens (including phenoxy) is 1. The van der Waals surface area contributed by atoms with Crippen LogP contribution in [0.2, 0.25) is 0 Å². The number of azo groups is 4. The molecule has 0 spiro atoms. The van der Waals surface area contributed by atoms with E-state index in [4.69, 9.17) is 4.74 Å². The first-order chi connectivity index (χ1) is 32.0. The lowest BCUT2D eigenvalue weighted by atomic mass is 10.1. The van der Waals surface area contributed by atoms with Gasteiger partial charge in [-0.25, -0.2) is 0 Å². The molecule has 8 rings (SSSR count). The van der Waals surface area contributed by atoms with Crippen molar-refractivity contribution < 1.29 is 35.8 Å². The average Bonchev–Trinajstić information content (AvgIpc) is 3.29. The summed E-state index contributed by atoms with van der Waals surface area (Å²) in [7, 11) is -7.95. The molecule has 8 aromatic carbocycles. The van der Waals surface area contributed by atoms with Gasteiger partial charge in [0.05, 0.1) is 35.5 Å². The van der Waals surface area contributed by atoms with Crippen LogP contribution in [-0.4, -0.2) is 38.2 Å². The van der Waals surface area contributed by atoms with E-state index in [0.717, 1.165) is 46.1 Å². The third-order valence-corrected chi connectivity index (χ3v) is 12.2. The largest absolute Gasteiger partial charge is 0.505 e. The van der Waals surface area contributed by atoms with Gasteiger partial charge in [0.25, 0.3) is 20.2 Å². The molecule has 8 aromatic rings. The second kappa shape index (κ2) is 18.8. The van der Waals surface area contributed by atoms with Gasteiger partial charge in [-0.15, -0.1) is 15.3 Å². The van der Waals surface area contributed by atoms with Gasteiger partial charge < -0.3 is 15.2 Å². The van der Waals surface area contributed by atoms with Crippen LogP contribution in [0.1, 0.15) is 16.7 Å². The van der Waals surface area contributed by atoms with Crippen molar-refractivity contribution in [1.82, 2.24) is 0 Å². The molecule has 19 heteroatoms. The number of nitrogens with zero attached hydrogens (tertiary/aromatic N) is 8. The number of methoxy groups -OCH3 is 1. The Morgan fingerprint density at radius 1 is 0.448 bits per heavy atom. The third kappa shape index (κ3) is 10.4. The van der Waals surface area contributed by atoms with Crippen molar-refractivity contribution in [2.24, 2.45) is 40.9 Å². The minimum Gasteiger partial charge on any atom is -0.505 e. The first kappa shape index (κ1) is 45.5. The summed E-state index contributed by atoms with van der Waals surface area (Å²) < 4.78 is 73.6. The number of aromatic hydroxyl groups is 1. The maximum absolute atomic E-state index is 12.2. The Balaban J connectivity index is 0.945. The predicted octanol–water partition coefficient (Wildman–Crippen LogP) is 14.5. The maximum Gasteiger partial charge on any atom is 0.296 e. The monoisotopic (exact) mass is 933 g/mol. The summed E-state index contributed by atoms with van der Waals surface area (Å²) >= 11 is 0. The second-order valence-corrected chi connectivity index (χ2v) is 17.9. The summed E-state index contributed by atoms with van der Waals surface area (Å²) in [4.78, 5) is -1.06. The van der Waals surface area contributed by atoms with Gasteiger partial charge in [0, 0.05) is 28.2 Å². The molecule has 0 atom stereocenters. The molecule has 0 aliphatic rings. The smallest absolute Gasteiger partial charge is 0.296 e. The highest BCUT2D eigenvalue weighted by atomic mass is 32.2. The third-order valence-electron chi connectivity index (χ3n) is 10.4. The molecule has 0 amide bonds. The predicted molar refractivity (Wildman–Crippen MR) is 256 cm³/mol. The highest BCUT2D eigenvalue weighted by Crippen LogP contribution is 2.41. The molecule has 0 aliphatic carbocycles. The van der Waals surface area contributed by atoms with E-state index in [0.29, 0.717) is 56.5 Å². The molecule has 0 radical (unpaired) electrons. The quantitative estimate of drug-likeness (QED) is 0.0633. The van der Waals surface area contributed by atoms with Gasteiger partial charge in [0.15, 0.2) is 5.75 Å². The fourth-order valence-corrected chi connectivity index (χ4v) is 8.35. The zero-order valence-electron chi connectivity index (χ0n) is 36.1. The van der Waals surface area contributed by atoms with Gasteiger partial charge in [0.2, 0.25) is 0 Å². The first-order valence-corrected chi connectivity index (χ1v) is 23.1. The Hall–Kier alpha value is -8.10. The van der Waals surface area contributed by atoms with E-state index in [2.05, 4.69) is 46.2 Å². The van der Waals surface area contributed by atoms with E-state index in [1.807, 2.05) is 74.5 Å². The Bertz CT molecular complexity index is 3600. The summed E-state index contributed by atoms with van der Waals surface area (Å²) in [6, 6.07) is 38.8. The molecular formula is C48H39N9O8S2. The van der Waals surface area contributed by atoms with Crippen molar-refractivity contribution in [3.8, 4) is 11.5 Å². The van der Waals surface area contributed by atoms with Crippen molar-refractivity contribution in [3.05, 3.63) is 156 Å². The first-order valence-electron chi connectivity index (χ1n) is 20.2. The van der Waals surface area contributed by atoms with Crippen LogP contribution in [0, 0.1) is 20.8 Å². The number of aryl methyl sites for hydroxylation is 3. The number of benzene rings is 8. The average molecular weight is 934 g/mol. The molecule has 0 fully saturated rings. The highest BCUT2D eigenvalue weighted by Gasteiger charge is 2.21. The summed E-state index contributed by atoms with van der Waals surface area (Å²) in [5.74, 6) is 0.415. The Morgan fingerprint density at radius 3 is 1.66 bits per heavy atom. The van der Waals surface area contributed by atoms with Crippen LogP contribution in [-0.2, 0) is 20.2 Å². The minimum absolute atomic E-state index is 0.00589. The standard InChI is InChI=1S/C48H39N9O8S2/c1-28-21-36(51-55-42-27-45(65-4)43(23-30(42)3)56-54-41-18-13-32-24-34(14-17-37(32)48(41)58)49-33-10-6-5-7-11-33)15-19-39(28)52-50-35-16-20-40(29(2)22-35)53-57-44-26-38-31(25-47(44)67(62,63)64)9-8-12-46(38)66(59,60)61/h5-27,49,58H,1-4H3,(H,59,60,61)(H,62,63,64). The lowest BCUT2D eigenvalue weighted by molar-refractivity contribution is 0.416. The zero-order valence-corrected chi connectivity index (χ0v) is 37.7. The molecule has 0 heterocycles. The van der Waals surface area contributed by atoms with Crippen molar-refractivity contribution in [2.75, 3.05) is 12.4 Å². The van der Waals surface area contributed by atoms with Gasteiger partial charge >= 0.3 is 0 Å². The van der Waals surface area contributed by atoms with Gasteiger partial charge in [-0.2, -0.15) is 42.4 Å². The van der Waals surface area contributed by atoms with E-state index >= 15 is 0 Å². The summed E-state index contributed by atoms with van der Waals surface area (Å²) in [6.07, 6.45) is 0. The molecule has 0 bridgehead atoms. The molecule has 336 valence electrons. The number of rotatable bonds is 13. The van der Waals surface area contributed by atoms with Gasteiger partial charge in [0.1, 0.15) is 32.6 Å². The summed E-state index contributed by atoms with van der Waals surface area (Å²) in [5, 5.41) is 50.6. The molecule has 0 unspecified atom stereocenters. The fraction of sp³-hybridized carbons (Fsp3) is 0.0833. The molecule has 0 aromatic heterocycles. The maximum atomic E-state index is 12.2. The number of phenols is 1. The van der Waals surface area contributed by atoms with Gasteiger partial charge in [-0.3, -0.25) is 9.11 Å². The number of nitrogens with one attached hydrogen (secondary N) is 1. The van der Waals surface area contributed by atoms with E-state index in [9.17, 15) is 31.0 Å². The topological polar surface area (TPSA) is 249 Å². The number of para-hydroxylation sites is 1. The van der Waals surface area contributed by atoms with Gasteiger partial charge in [-0.1, -0.05) is 36.4 Å². The van der Waals surface area contributed by atoms with Crippen molar-refractivity contribution in [3.63, 3.8) is 0 Å². The summed E-state index contributed by atoms with van der Waals surface area (Å²) in [5.41, 5.74) is 6.87. The zero-order chi connectivity index (χ0) is 47.5. The van der Waals surface area contributed by atoms with Crippen LogP contribution in [0.15, 0.2) is 190 Å². The van der Waals surface area contributed by atoms with Crippen molar-refractivity contribution in [1.29, 1.82) is 0 Å². The minimum atomic E-state index is -4.80. The Morgan fingerprint density at radius 2 is 1.01 bits per heavy atom. The second-order valence-electron chi connectivity index (χ2n) is 15.2. The SMILES string of the molecule is COc1cc(N=Nc2ccc(N=Nc3ccc(N=Nc4cc5c(S(=O)(=O)O)cccc5cc4S(=O)(=O)O)c(C)c3)c(C)c2)c(C)cc1N=Nc1ccc2cc(Nc3ccccc3)ccc2c1O. The fourth-order valence-electron chi connectivity index (χ4n) is 7.00. The summed E-state index contributed by atoms with van der Waals surface area (Å²) in [6.45, 7) is 5.45. The molecule has 67 heavy (non-hydrogen) atoms. The van der Waals surface area contributed by atoms with Crippen molar-refractivity contribution in [2.45, 2.75) is 30.6 Å². The van der Waals surface area contributed by atoms with Crippen LogP contribution in [0.5, 0.6) is 11.5 Å². The number of phenolic OH excluding ortho intramolecular Hbond substituents is 1. The highest BCUT2D eigenvalue weighted by molar-refractivity contribution is 7.86. The van der Waals surface area contributed by atoms with Crippen LogP contribution < -0.4 is 10.1 Å². The van der Waals surface area contributed by atoms with Crippen LogP contribution in [0.4, 0.5) is 56.9 Å². The molecule has 0 saturated heterocycles. The lowest BCUT2D eigenvalue weighted by Gasteiger charge is -2.10. The van der Waals surface area contributed by atoms with E-state index < -0.39 is 30.0 Å². The Labute approximate surface area is 384 Å².